The molecule has 3 aromatic rings. The molecule has 1 N–H and O–H groups in total. The van der Waals surface area contributed by atoms with Crippen molar-refractivity contribution in [1.82, 2.24) is 4.98 Å². The van der Waals surface area contributed by atoms with Crippen LogP contribution in [0.1, 0.15) is 12.7 Å². The Morgan fingerprint density at radius 3 is 2.60 bits per heavy atom. The van der Waals surface area contributed by atoms with Gasteiger partial charge in [-0.15, -0.1) is 0 Å². The molecule has 2 aromatic carbocycles. The van der Waals surface area contributed by atoms with E-state index >= 15 is 0 Å². The molecule has 20 heavy (non-hydrogen) atoms. The van der Waals surface area contributed by atoms with Crippen LogP contribution in [0, 0.1) is 0 Å². The van der Waals surface area contributed by atoms with Gasteiger partial charge in [-0.05, 0) is 43.3 Å². The van der Waals surface area contributed by atoms with Crippen molar-refractivity contribution >= 4 is 22.6 Å². The molecule has 0 aliphatic heterocycles. The molecule has 0 spiro atoms. The predicted molar refractivity (Wildman–Crippen MR) is 80.0 cm³/mol. The summed E-state index contributed by atoms with van der Waals surface area (Å²) in [6, 6.07) is 15.7. The smallest absolute Gasteiger partial charge is 0.293 e. The van der Waals surface area contributed by atoms with Gasteiger partial charge in [-0.3, -0.25) is 0 Å². The number of imidazole rings is 1. The number of halogens is 1. The molecular weight excluding hydrogens is 272 g/mol. The topological polar surface area (TPSA) is 28.9 Å². The molecule has 0 saturated heterocycles. The Hall–Kier alpha value is -2.00. The minimum atomic E-state index is 0.504. The molecule has 4 heteroatoms. The Labute approximate surface area is 122 Å². The standard InChI is InChI=1S/C16H15ClN2O/c1-2-19-15-6-4-3-5-14(15)18-16(19)11-20-13-9-7-12(17)8-10-13/h3-10H,2,11H2,1H3/p+1. The molecule has 0 aliphatic carbocycles. The van der Waals surface area contributed by atoms with Crippen molar-refractivity contribution in [3.05, 3.63) is 59.4 Å². The Kier molecular flexibility index (Phi) is 3.61. The van der Waals surface area contributed by atoms with Crippen LogP contribution in [0.3, 0.4) is 0 Å². The van der Waals surface area contributed by atoms with E-state index in [-0.39, 0.29) is 0 Å². The number of ether oxygens (including phenoxy) is 1. The fourth-order valence-electron chi connectivity index (χ4n) is 2.34. The van der Waals surface area contributed by atoms with Crippen molar-refractivity contribution in [1.29, 1.82) is 0 Å². The average molecular weight is 288 g/mol. The Morgan fingerprint density at radius 1 is 1.10 bits per heavy atom. The number of rotatable bonds is 4. The molecule has 3 rings (SSSR count). The second-order valence-electron chi connectivity index (χ2n) is 4.58. The zero-order valence-corrected chi connectivity index (χ0v) is 12.0. The van der Waals surface area contributed by atoms with Crippen LogP contribution < -0.4 is 9.30 Å². The number of aryl methyl sites for hydroxylation is 1. The normalized spacial score (nSPS) is 10.9. The largest absolute Gasteiger partial charge is 0.481 e. The first kappa shape index (κ1) is 13.0. The summed E-state index contributed by atoms with van der Waals surface area (Å²) in [6.07, 6.45) is 0. The van der Waals surface area contributed by atoms with E-state index in [9.17, 15) is 0 Å². The first-order valence-corrected chi connectivity index (χ1v) is 7.03. The van der Waals surface area contributed by atoms with Gasteiger partial charge in [-0.2, -0.15) is 0 Å². The second-order valence-corrected chi connectivity index (χ2v) is 5.01. The van der Waals surface area contributed by atoms with Crippen LogP contribution in [0.15, 0.2) is 48.5 Å². The molecule has 102 valence electrons. The van der Waals surface area contributed by atoms with Gasteiger partial charge in [0.15, 0.2) is 17.6 Å². The van der Waals surface area contributed by atoms with Gasteiger partial charge in [0.2, 0.25) is 0 Å². The van der Waals surface area contributed by atoms with Crippen LogP contribution >= 0.6 is 11.6 Å². The van der Waals surface area contributed by atoms with E-state index < -0.39 is 0 Å². The minimum Gasteiger partial charge on any atom is -0.481 e. The number of aromatic nitrogens is 2. The zero-order chi connectivity index (χ0) is 13.9. The fraction of sp³-hybridized carbons (Fsp3) is 0.188. The van der Waals surface area contributed by atoms with E-state index in [1.54, 1.807) is 0 Å². The highest BCUT2D eigenvalue weighted by molar-refractivity contribution is 6.30. The maximum atomic E-state index is 5.86. The summed E-state index contributed by atoms with van der Waals surface area (Å²) in [4.78, 5) is 3.41. The van der Waals surface area contributed by atoms with E-state index in [0.717, 1.165) is 23.6 Å². The van der Waals surface area contributed by atoms with Gasteiger partial charge in [0.05, 0.1) is 6.54 Å². The number of aromatic amines is 1. The Morgan fingerprint density at radius 2 is 1.85 bits per heavy atom. The van der Waals surface area contributed by atoms with Gasteiger partial charge in [-0.25, -0.2) is 9.55 Å². The zero-order valence-electron chi connectivity index (χ0n) is 11.3. The number of fused-ring (bicyclic) bond motifs is 1. The van der Waals surface area contributed by atoms with Crippen molar-refractivity contribution in [3.63, 3.8) is 0 Å². The monoisotopic (exact) mass is 287 g/mol. The molecule has 3 nitrogen and oxygen atoms in total. The van der Waals surface area contributed by atoms with Crippen molar-refractivity contribution in [2.75, 3.05) is 0 Å². The molecule has 0 bridgehead atoms. The molecular formula is C16H16ClN2O+. The van der Waals surface area contributed by atoms with Crippen LogP contribution in [0.4, 0.5) is 0 Å². The molecule has 1 aromatic heterocycles. The van der Waals surface area contributed by atoms with Crippen molar-refractivity contribution in [2.24, 2.45) is 0 Å². The summed E-state index contributed by atoms with van der Waals surface area (Å²) in [5.74, 6) is 1.87. The molecule has 0 atom stereocenters. The van der Waals surface area contributed by atoms with Gasteiger partial charge in [0.25, 0.3) is 5.82 Å². The average Bonchev–Trinajstić information content (AvgIpc) is 2.84. The van der Waals surface area contributed by atoms with E-state index in [1.807, 2.05) is 36.4 Å². The summed E-state index contributed by atoms with van der Waals surface area (Å²) in [5, 5.41) is 0.714. The molecule has 0 amide bonds. The molecule has 0 saturated carbocycles. The summed E-state index contributed by atoms with van der Waals surface area (Å²) < 4.78 is 8.04. The van der Waals surface area contributed by atoms with Crippen molar-refractivity contribution < 1.29 is 9.30 Å². The van der Waals surface area contributed by atoms with Crippen molar-refractivity contribution in [2.45, 2.75) is 20.1 Å². The summed E-state index contributed by atoms with van der Waals surface area (Å²) >= 11 is 5.86. The summed E-state index contributed by atoms with van der Waals surface area (Å²) in [7, 11) is 0. The third-order valence-electron chi connectivity index (χ3n) is 3.31. The fourth-order valence-corrected chi connectivity index (χ4v) is 2.47. The number of benzene rings is 2. The number of nitrogens with zero attached hydrogens (tertiary/aromatic N) is 1. The molecule has 1 heterocycles. The van der Waals surface area contributed by atoms with Gasteiger partial charge in [0.1, 0.15) is 5.75 Å². The number of H-pyrrole nitrogens is 1. The maximum absolute atomic E-state index is 5.86. The number of nitrogens with one attached hydrogen (secondary N) is 1. The SMILES string of the molecule is CC[n+]1c(COc2ccc(Cl)cc2)[nH]c2ccccc21. The molecule has 0 unspecified atom stereocenters. The van der Waals surface area contributed by atoms with Crippen LogP contribution in [0.5, 0.6) is 5.75 Å². The van der Waals surface area contributed by atoms with E-state index in [1.165, 1.54) is 5.52 Å². The van der Waals surface area contributed by atoms with E-state index in [4.69, 9.17) is 16.3 Å². The highest BCUT2D eigenvalue weighted by Gasteiger charge is 2.16. The summed E-state index contributed by atoms with van der Waals surface area (Å²) in [5.41, 5.74) is 2.33. The third kappa shape index (κ3) is 2.49. The second kappa shape index (κ2) is 5.55. The highest BCUT2D eigenvalue weighted by Crippen LogP contribution is 2.17. The van der Waals surface area contributed by atoms with Gasteiger partial charge < -0.3 is 4.74 Å². The lowest BCUT2D eigenvalue weighted by molar-refractivity contribution is -0.676. The van der Waals surface area contributed by atoms with Gasteiger partial charge >= 0.3 is 0 Å². The van der Waals surface area contributed by atoms with Crippen LogP contribution in [-0.4, -0.2) is 4.98 Å². The van der Waals surface area contributed by atoms with Crippen LogP contribution in [0.2, 0.25) is 5.02 Å². The highest BCUT2D eigenvalue weighted by atomic mass is 35.5. The molecule has 0 fully saturated rings. The number of para-hydroxylation sites is 2. The van der Waals surface area contributed by atoms with Gasteiger partial charge in [-0.1, -0.05) is 23.7 Å². The number of hydrogen-bond acceptors (Lipinski definition) is 1. The molecule has 0 aliphatic rings. The quantitative estimate of drug-likeness (QED) is 0.728. The minimum absolute atomic E-state index is 0.504. The number of hydrogen-bond donors (Lipinski definition) is 1. The van der Waals surface area contributed by atoms with E-state index in [0.29, 0.717) is 11.6 Å². The van der Waals surface area contributed by atoms with Crippen LogP contribution in [0.25, 0.3) is 11.0 Å². The Bertz CT molecular complexity index is 719. The lowest BCUT2D eigenvalue weighted by atomic mass is 10.3. The first-order valence-electron chi connectivity index (χ1n) is 6.65. The predicted octanol–water partition coefficient (Wildman–Crippen LogP) is 3.71. The maximum Gasteiger partial charge on any atom is 0.293 e. The molecule has 0 radical (unpaired) electrons. The third-order valence-corrected chi connectivity index (χ3v) is 3.56. The van der Waals surface area contributed by atoms with Crippen molar-refractivity contribution in [3.8, 4) is 5.75 Å². The Balaban J connectivity index is 1.85. The van der Waals surface area contributed by atoms with Gasteiger partial charge in [0, 0.05) is 5.02 Å². The lowest BCUT2D eigenvalue weighted by Gasteiger charge is -2.03. The van der Waals surface area contributed by atoms with E-state index in [2.05, 4.69) is 28.6 Å². The lowest BCUT2D eigenvalue weighted by Crippen LogP contribution is -2.36. The van der Waals surface area contributed by atoms with Crippen LogP contribution in [-0.2, 0) is 13.2 Å². The first-order chi connectivity index (χ1) is 9.78. The summed E-state index contributed by atoms with van der Waals surface area (Å²) in [6.45, 7) is 3.54.